The summed E-state index contributed by atoms with van der Waals surface area (Å²) in [7, 11) is 0. The topological polar surface area (TPSA) is 85.1 Å². The molecule has 1 amide bonds. The van der Waals surface area contributed by atoms with Crippen molar-refractivity contribution in [3.8, 4) is 0 Å². The van der Waals surface area contributed by atoms with E-state index >= 15 is 0 Å². The van der Waals surface area contributed by atoms with Gasteiger partial charge in [-0.05, 0) is 34.1 Å². The van der Waals surface area contributed by atoms with Crippen LogP contribution in [0.15, 0.2) is 47.1 Å². The van der Waals surface area contributed by atoms with Gasteiger partial charge in [-0.25, -0.2) is 4.98 Å². The Morgan fingerprint density at radius 1 is 1.26 bits per heavy atom. The number of para-hydroxylation sites is 2. The zero-order valence-corrected chi connectivity index (χ0v) is 11.1. The molecule has 0 saturated carbocycles. The SMILES string of the molecule is O=C(Nc1ccccc1[N+](=O)[O-])c1ncccc1Br. The van der Waals surface area contributed by atoms with Crippen molar-refractivity contribution in [3.63, 3.8) is 0 Å². The molecule has 1 aromatic carbocycles. The van der Waals surface area contributed by atoms with Gasteiger partial charge in [-0.15, -0.1) is 0 Å². The van der Waals surface area contributed by atoms with Crippen LogP contribution in [-0.2, 0) is 0 Å². The number of rotatable bonds is 3. The maximum Gasteiger partial charge on any atom is 0.292 e. The zero-order valence-electron chi connectivity index (χ0n) is 9.54. The maximum atomic E-state index is 12.0. The molecule has 1 aromatic heterocycles. The van der Waals surface area contributed by atoms with E-state index in [1.54, 1.807) is 18.2 Å². The Balaban J connectivity index is 2.30. The molecular weight excluding hydrogens is 314 g/mol. The first kappa shape index (κ1) is 13.2. The van der Waals surface area contributed by atoms with E-state index in [1.807, 2.05) is 0 Å². The van der Waals surface area contributed by atoms with Crippen LogP contribution in [0.3, 0.4) is 0 Å². The summed E-state index contributed by atoms with van der Waals surface area (Å²) in [6.45, 7) is 0. The average molecular weight is 322 g/mol. The first-order valence-electron chi connectivity index (χ1n) is 5.25. The first-order chi connectivity index (χ1) is 9.09. The van der Waals surface area contributed by atoms with Crippen LogP contribution in [0.1, 0.15) is 10.5 Å². The van der Waals surface area contributed by atoms with Crippen LogP contribution in [0.2, 0.25) is 0 Å². The number of amides is 1. The van der Waals surface area contributed by atoms with Crippen LogP contribution in [-0.4, -0.2) is 15.8 Å². The molecule has 0 aliphatic rings. The highest BCUT2D eigenvalue weighted by molar-refractivity contribution is 9.10. The number of anilines is 1. The Kier molecular flexibility index (Phi) is 3.86. The number of nitrogens with zero attached hydrogens (tertiary/aromatic N) is 2. The molecule has 0 bridgehead atoms. The molecule has 2 rings (SSSR count). The van der Waals surface area contributed by atoms with Gasteiger partial charge in [-0.2, -0.15) is 0 Å². The average Bonchev–Trinajstić information content (AvgIpc) is 2.39. The Morgan fingerprint density at radius 3 is 2.68 bits per heavy atom. The van der Waals surface area contributed by atoms with Crippen LogP contribution in [0.25, 0.3) is 0 Å². The van der Waals surface area contributed by atoms with Crippen LogP contribution in [0.5, 0.6) is 0 Å². The van der Waals surface area contributed by atoms with E-state index in [0.29, 0.717) is 4.47 Å². The van der Waals surface area contributed by atoms with E-state index < -0.39 is 10.8 Å². The number of hydrogen-bond acceptors (Lipinski definition) is 4. The number of hydrogen-bond donors (Lipinski definition) is 1. The van der Waals surface area contributed by atoms with E-state index in [9.17, 15) is 14.9 Å². The third-order valence-corrected chi connectivity index (χ3v) is 2.96. The number of benzene rings is 1. The Labute approximate surface area is 116 Å². The van der Waals surface area contributed by atoms with Gasteiger partial charge < -0.3 is 5.32 Å². The number of nitrogens with one attached hydrogen (secondary N) is 1. The predicted molar refractivity (Wildman–Crippen MR) is 73.0 cm³/mol. The maximum absolute atomic E-state index is 12.0. The fourth-order valence-corrected chi connectivity index (χ4v) is 1.91. The number of aromatic nitrogens is 1. The number of carbonyl (C=O) groups excluding carboxylic acids is 1. The minimum absolute atomic E-state index is 0.134. The predicted octanol–water partition coefficient (Wildman–Crippen LogP) is 3.00. The normalized spacial score (nSPS) is 9.95. The van der Waals surface area contributed by atoms with Crippen LogP contribution >= 0.6 is 15.9 Å². The van der Waals surface area contributed by atoms with Crippen molar-refractivity contribution in [2.75, 3.05) is 5.32 Å². The number of nitro groups is 1. The molecule has 0 atom stereocenters. The second-order valence-corrected chi connectivity index (χ2v) is 4.42. The molecular formula is C12H8BrN3O3. The highest BCUT2D eigenvalue weighted by Crippen LogP contribution is 2.24. The Hall–Kier alpha value is -2.28. The van der Waals surface area contributed by atoms with E-state index in [4.69, 9.17) is 0 Å². The largest absolute Gasteiger partial charge is 0.315 e. The lowest BCUT2D eigenvalue weighted by atomic mass is 10.2. The smallest absolute Gasteiger partial charge is 0.292 e. The fraction of sp³-hybridized carbons (Fsp3) is 0. The monoisotopic (exact) mass is 321 g/mol. The first-order valence-corrected chi connectivity index (χ1v) is 6.04. The van der Waals surface area contributed by atoms with Gasteiger partial charge in [0.2, 0.25) is 0 Å². The van der Waals surface area contributed by atoms with Gasteiger partial charge in [0.15, 0.2) is 0 Å². The zero-order chi connectivity index (χ0) is 13.8. The van der Waals surface area contributed by atoms with Gasteiger partial charge in [-0.1, -0.05) is 12.1 Å². The highest BCUT2D eigenvalue weighted by Gasteiger charge is 2.17. The van der Waals surface area contributed by atoms with E-state index in [-0.39, 0.29) is 17.1 Å². The molecule has 7 heteroatoms. The van der Waals surface area contributed by atoms with Crippen molar-refractivity contribution in [2.24, 2.45) is 0 Å². The van der Waals surface area contributed by atoms with Crippen LogP contribution in [0, 0.1) is 10.1 Å². The molecule has 96 valence electrons. The molecule has 0 radical (unpaired) electrons. The molecule has 6 nitrogen and oxygen atoms in total. The summed E-state index contributed by atoms with van der Waals surface area (Å²) < 4.78 is 0.520. The summed E-state index contributed by atoms with van der Waals surface area (Å²) in [4.78, 5) is 26.2. The Bertz CT molecular complexity index is 646. The van der Waals surface area contributed by atoms with E-state index in [0.717, 1.165) is 0 Å². The second-order valence-electron chi connectivity index (χ2n) is 3.56. The van der Waals surface area contributed by atoms with Crippen LogP contribution in [0.4, 0.5) is 11.4 Å². The van der Waals surface area contributed by atoms with Crippen molar-refractivity contribution in [2.45, 2.75) is 0 Å². The van der Waals surface area contributed by atoms with E-state index in [1.165, 1.54) is 24.4 Å². The summed E-state index contributed by atoms with van der Waals surface area (Å²) >= 11 is 3.20. The second kappa shape index (κ2) is 5.57. The molecule has 1 N–H and O–H groups in total. The summed E-state index contributed by atoms with van der Waals surface area (Å²) in [6.07, 6.45) is 1.47. The molecule has 0 saturated heterocycles. The number of pyridine rings is 1. The molecule has 0 aliphatic heterocycles. The number of nitro benzene ring substituents is 1. The molecule has 0 aliphatic carbocycles. The standard InChI is InChI=1S/C12H8BrN3O3/c13-8-4-3-7-14-11(8)12(17)15-9-5-1-2-6-10(9)16(18)19/h1-7H,(H,15,17). The number of halogens is 1. The molecule has 1 heterocycles. The lowest BCUT2D eigenvalue weighted by molar-refractivity contribution is -0.383. The van der Waals surface area contributed by atoms with Crippen molar-refractivity contribution in [1.29, 1.82) is 0 Å². The summed E-state index contributed by atoms with van der Waals surface area (Å²) in [6, 6.07) is 9.27. The third-order valence-electron chi connectivity index (χ3n) is 2.32. The lowest BCUT2D eigenvalue weighted by Gasteiger charge is -2.06. The van der Waals surface area contributed by atoms with Gasteiger partial charge in [0, 0.05) is 16.7 Å². The van der Waals surface area contributed by atoms with Gasteiger partial charge in [0.25, 0.3) is 11.6 Å². The number of carbonyl (C=O) groups is 1. The molecule has 2 aromatic rings. The summed E-state index contributed by atoms with van der Waals surface area (Å²) in [5.74, 6) is -0.512. The van der Waals surface area contributed by atoms with E-state index in [2.05, 4.69) is 26.2 Å². The third kappa shape index (κ3) is 2.94. The van der Waals surface area contributed by atoms with Crippen LogP contribution < -0.4 is 5.32 Å². The van der Waals surface area contributed by atoms with Crippen molar-refractivity contribution >= 4 is 33.2 Å². The fourth-order valence-electron chi connectivity index (χ4n) is 1.47. The lowest BCUT2D eigenvalue weighted by Crippen LogP contribution is -2.15. The van der Waals surface area contributed by atoms with Gasteiger partial charge in [0.1, 0.15) is 11.4 Å². The quantitative estimate of drug-likeness (QED) is 0.695. The summed E-state index contributed by atoms with van der Waals surface area (Å²) in [5, 5.41) is 13.3. The minimum Gasteiger partial charge on any atom is -0.315 e. The summed E-state index contributed by atoms with van der Waals surface area (Å²) in [5.41, 5.74) is 0.138. The van der Waals surface area contributed by atoms with Gasteiger partial charge in [-0.3, -0.25) is 14.9 Å². The van der Waals surface area contributed by atoms with Gasteiger partial charge in [0.05, 0.1) is 4.92 Å². The van der Waals surface area contributed by atoms with Crippen molar-refractivity contribution in [3.05, 3.63) is 62.9 Å². The molecule has 0 unspecified atom stereocenters. The molecule has 0 fully saturated rings. The van der Waals surface area contributed by atoms with Gasteiger partial charge >= 0.3 is 0 Å². The molecule has 19 heavy (non-hydrogen) atoms. The van der Waals surface area contributed by atoms with Crippen molar-refractivity contribution in [1.82, 2.24) is 4.98 Å². The molecule has 0 spiro atoms. The Morgan fingerprint density at radius 2 is 2.00 bits per heavy atom. The minimum atomic E-state index is -0.553. The highest BCUT2D eigenvalue weighted by atomic mass is 79.9. The van der Waals surface area contributed by atoms with Crippen molar-refractivity contribution < 1.29 is 9.72 Å².